The van der Waals surface area contributed by atoms with Crippen molar-refractivity contribution in [3.8, 4) is 0 Å². The minimum atomic E-state index is -0.204. The average molecular weight is 371 g/mol. The summed E-state index contributed by atoms with van der Waals surface area (Å²) in [5.74, 6) is -0.204. The molecule has 0 fully saturated rings. The number of thiazole rings is 1. The van der Waals surface area contributed by atoms with Crippen LogP contribution in [0.25, 0.3) is 16.3 Å². The van der Waals surface area contributed by atoms with Crippen LogP contribution in [-0.4, -0.2) is 10.9 Å². The first kappa shape index (κ1) is 17.6. The van der Waals surface area contributed by atoms with Crippen molar-refractivity contribution in [1.29, 1.82) is 0 Å². The zero-order chi connectivity index (χ0) is 18.0. The van der Waals surface area contributed by atoms with Gasteiger partial charge in [0.1, 0.15) is 0 Å². The number of hydrogen-bond donors (Lipinski definition) is 1. The van der Waals surface area contributed by atoms with Gasteiger partial charge in [-0.05, 0) is 40.8 Å². The summed E-state index contributed by atoms with van der Waals surface area (Å²) in [5, 5.41) is 4.02. The summed E-state index contributed by atoms with van der Waals surface area (Å²) in [6, 6.07) is 13.7. The number of carbonyl (C=O) groups excluding carboxylic acids is 1. The van der Waals surface area contributed by atoms with Crippen molar-refractivity contribution in [2.75, 3.05) is 5.32 Å². The normalized spacial score (nSPS) is 12.0. The Morgan fingerprint density at radius 2 is 1.88 bits per heavy atom. The zero-order valence-electron chi connectivity index (χ0n) is 14.3. The van der Waals surface area contributed by atoms with Crippen LogP contribution in [0.3, 0.4) is 0 Å². The van der Waals surface area contributed by atoms with Crippen LogP contribution in [0, 0.1) is 0 Å². The highest BCUT2D eigenvalue weighted by Gasteiger charge is 2.12. The van der Waals surface area contributed by atoms with Crippen LogP contribution in [0.4, 0.5) is 5.13 Å². The third-order valence-corrected chi connectivity index (χ3v) is 4.95. The maximum atomic E-state index is 12.1. The van der Waals surface area contributed by atoms with E-state index < -0.39 is 0 Å². The van der Waals surface area contributed by atoms with Gasteiger partial charge in [-0.15, -0.1) is 0 Å². The van der Waals surface area contributed by atoms with Crippen LogP contribution < -0.4 is 5.32 Å². The van der Waals surface area contributed by atoms with Crippen LogP contribution in [0.1, 0.15) is 31.9 Å². The van der Waals surface area contributed by atoms with Crippen LogP contribution in [0.15, 0.2) is 48.5 Å². The number of aromatic nitrogens is 1. The summed E-state index contributed by atoms with van der Waals surface area (Å²) >= 11 is 7.38. The van der Waals surface area contributed by atoms with Gasteiger partial charge in [-0.25, -0.2) is 4.98 Å². The highest BCUT2D eigenvalue weighted by Crippen LogP contribution is 2.28. The summed E-state index contributed by atoms with van der Waals surface area (Å²) in [5.41, 5.74) is 3.20. The molecule has 0 saturated carbocycles. The predicted octanol–water partition coefficient (Wildman–Crippen LogP) is 5.90. The van der Waals surface area contributed by atoms with E-state index in [0.29, 0.717) is 10.2 Å². The van der Waals surface area contributed by atoms with Gasteiger partial charge in [-0.2, -0.15) is 0 Å². The Kier molecular flexibility index (Phi) is 4.93. The van der Waals surface area contributed by atoms with Gasteiger partial charge in [-0.1, -0.05) is 68.0 Å². The number of anilines is 1. The van der Waals surface area contributed by atoms with E-state index in [9.17, 15) is 4.79 Å². The monoisotopic (exact) mass is 370 g/mol. The minimum Gasteiger partial charge on any atom is -0.298 e. The average Bonchev–Trinajstić information content (AvgIpc) is 2.93. The summed E-state index contributed by atoms with van der Waals surface area (Å²) in [6.45, 7) is 6.53. The van der Waals surface area contributed by atoms with Gasteiger partial charge in [0.2, 0.25) is 5.91 Å². The van der Waals surface area contributed by atoms with Gasteiger partial charge in [-0.3, -0.25) is 10.1 Å². The largest absolute Gasteiger partial charge is 0.298 e. The van der Waals surface area contributed by atoms with E-state index in [0.717, 1.165) is 15.8 Å². The lowest BCUT2D eigenvalue weighted by Crippen LogP contribution is -2.10. The molecule has 2 aromatic carbocycles. The second-order valence-corrected chi connectivity index (χ2v) is 8.29. The Labute approximate surface area is 156 Å². The van der Waals surface area contributed by atoms with E-state index in [2.05, 4.69) is 43.2 Å². The van der Waals surface area contributed by atoms with Gasteiger partial charge in [0, 0.05) is 11.1 Å². The fourth-order valence-electron chi connectivity index (χ4n) is 2.37. The van der Waals surface area contributed by atoms with Crippen LogP contribution in [0.5, 0.6) is 0 Å². The highest BCUT2D eigenvalue weighted by molar-refractivity contribution is 7.22. The molecule has 0 radical (unpaired) electrons. The SMILES string of the molecule is CC(C)(C)c1ccc(C=CC(=O)Nc2nc3ccc(Cl)cc3s2)cc1. The first-order valence-corrected chi connectivity index (χ1v) is 9.16. The van der Waals surface area contributed by atoms with Gasteiger partial charge in [0.05, 0.1) is 10.2 Å². The Morgan fingerprint density at radius 1 is 1.16 bits per heavy atom. The third kappa shape index (κ3) is 4.47. The van der Waals surface area contributed by atoms with Crippen molar-refractivity contribution < 1.29 is 4.79 Å². The molecule has 0 unspecified atom stereocenters. The lowest BCUT2D eigenvalue weighted by molar-refractivity contribution is -0.111. The Bertz CT molecular complexity index is 936. The molecule has 3 nitrogen and oxygen atoms in total. The highest BCUT2D eigenvalue weighted by atomic mass is 35.5. The van der Waals surface area contributed by atoms with Crippen molar-refractivity contribution >= 4 is 50.3 Å². The van der Waals surface area contributed by atoms with E-state index in [-0.39, 0.29) is 11.3 Å². The summed E-state index contributed by atoms with van der Waals surface area (Å²) < 4.78 is 0.949. The fourth-order valence-corrected chi connectivity index (χ4v) is 3.51. The Morgan fingerprint density at radius 3 is 2.56 bits per heavy atom. The number of carbonyl (C=O) groups is 1. The van der Waals surface area contributed by atoms with Crippen molar-refractivity contribution in [2.24, 2.45) is 0 Å². The molecule has 3 rings (SSSR count). The van der Waals surface area contributed by atoms with Gasteiger partial charge >= 0.3 is 0 Å². The molecular formula is C20H19ClN2OS. The second-order valence-electron chi connectivity index (χ2n) is 6.83. The van der Waals surface area contributed by atoms with Gasteiger partial charge in [0.15, 0.2) is 5.13 Å². The lowest BCUT2D eigenvalue weighted by atomic mass is 9.87. The molecule has 3 aromatic rings. The molecule has 1 N–H and O–H groups in total. The van der Waals surface area contributed by atoms with Crippen LogP contribution >= 0.6 is 22.9 Å². The van der Waals surface area contributed by atoms with E-state index >= 15 is 0 Å². The molecule has 0 aliphatic rings. The van der Waals surface area contributed by atoms with Crippen molar-refractivity contribution in [3.63, 3.8) is 0 Å². The number of benzene rings is 2. The number of rotatable bonds is 3. The molecule has 25 heavy (non-hydrogen) atoms. The second kappa shape index (κ2) is 6.98. The predicted molar refractivity (Wildman–Crippen MR) is 107 cm³/mol. The number of amides is 1. The molecule has 0 aliphatic carbocycles. The van der Waals surface area contributed by atoms with E-state index in [4.69, 9.17) is 11.6 Å². The molecule has 0 spiro atoms. The molecule has 128 valence electrons. The topological polar surface area (TPSA) is 42.0 Å². The van der Waals surface area contributed by atoms with Crippen molar-refractivity contribution in [1.82, 2.24) is 4.98 Å². The van der Waals surface area contributed by atoms with E-state index in [1.807, 2.05) is 24.3 Å². The van der Waals surface area contributed by atoms with Crippen molar-refractivity contribution in [3.05, 3.63) is 64.7 Å². The molecule has 1 heterocycles. The molecule has 0 bridgehead atoms. The maximum Gasteiger partial charge on any atom is 0.250 e. The van der Waals surface area contributed by atoms with Crippen LogP contribution in [0.2, 0.25) is 5.02 Å². The van der Waals surface area contributed by atoms with Crippen LogP contribution in [-0.2, 0) is 10.2 Å². The molecule has 5 heteroatoms. The van der Waals surface area contributed by atoms with E-state index in [1.54, 1.807) is 12.1 Å². The number of hydrogen-bond acceptors (Lipinski definition) is 3. The van der Waals surface area contributed by atoms with Gasteiger partial charge in [0.25, 0.3) is 0 Å². The number of fused-ring (bicyclic) bond motifs is 1. The Hall–Kier alpha value is -2.17. The lowest BCUT2D eigenvalue weighted by Gasteiger charge is -2.18. The van der Waals surface area contributed by atoms with Crippen molar-refractivity contribution in [2.45, 2.75) is 26.2 Å². The summed E-state index contributed by atoms with van der Waals surface area (Å²) in [4.78, 5) is 16.5. The summed E-state index contributed by atoms with van der Waals surface area (Å²) in [7, 11) is 0. The number of halogens is 1. The molecule has 1 amide bonds. The standard InChI is InChI=1S/C20H19ClN2OS/c1-20(2,3)14-7-4-13(5-8-14)6-11-18(24)23-19-22-16-10-9-15(21)12-17(16)25-19/h4-12H,1-3H3,(H,22,23,24). The smallest absolute Gasteiger partial charge is 0.250 e. The van der Waals surface area contributed by atoms with E-state index in [1.165, 1.54) is 23.0 Å². The van der Waals surface area contributed by atoms with Gasteiger partial charge < -0.3 is 0 Å². The Balaban J connectivity index is 1.67. The first-order chi connectivity index (χ1) is 11.8. The molecular weight excluding hydrogens is 352 g/mol. The maximum absolute atomic E-state index is 12.1. The zero-order valence-corrected chi connectivity index (χ0v) is 15.9. The minimum absolute atomic E-state index is 0.120. The fraction of sp³-hybridized carbons (Fsp3) is 0.200. The molecule has 0 saturated heterocycles. The molecule has 0 atom stereocenters. The summed E-state index contributed by atoms with van der Waals surface area (Å²) in [6.07, 6.45) is 3.32. The molecule has 1 aromatic heterocycles. The first-order valence-electron chi connectivity index (χ1n) is 7.97. The third-order valence-electron chi connectivity index (χ3n) is 3.78. The number of nitrogens with zero attached hydrogens (tertiary/aromatic N) is 1. The number of nitrogens with one attached hydrogen (secondary N) is 1. The molecule has 0 aliphatic heterocycles. The quantitative estimate of drug-likeness (QED) is 0.583.